The summed E-state index contributed by atoms with van der Waals surface area (Å²) >= 11 is 0. The maximum atomic E-state index is 11.2. The highest BCUT2D eigenvalue weighted by molar-refractivity contribution is 7.90. The second-order valence-corrected chi connectivity index (χ2v) is 6.12. The van der Waals surface area contributed by atoms with E-state index in [9.17, 15) is 8.42 Å². The van der Waals surface area contributed by atoms with E-state index in [1.807, 2.05) is 7.05 Å². The molecule has 14 heavy (non-hydrogen) atoms. The molecule has 1 aliphatic rings. The molecule has 0 bridgehead atoms. The second kappa shape index (κ2) is 5.09. The van der Waals surface area contributed by atoms with Gasteiger partial charge in [-0.05, 0) is 25.8 Å². The lowest BCUT2D eigenvalue weighted by Gasteiger charge is -2.29. The lowest BCUT2D eigenvalue weighted by Crippen LogP contribution is -2.41. The Labute approximate surface area is 85.9 Å². The Morgan fingerprint density at radius 1 is 1.43 bits per heavy atom. The van der Waals surface area contributed by atoms with Gasteiger partial charge in [-0.2, -0.15) is 0 Å². The molecule has 1 atom stereocenters. The zero-order chi connectivity index (χ0) is 10.6. The van der Waals surface area contributed by atoms with Gasteiger partial charge < -0.3 is 10.1 Å². The predicted molar refractivity (Wildman–Crippen MR) is 56.1 cm³/mol. The van der Waals surface area contributed by atoms with Crippen LogP contribution in [0.2, 0.25) is 0 Å². The largest absolute Gasteiger partial charge is 0.381 e. The standard InChI is InChI=1S/C9H19NO3S/c1-10-9(7-14(2,11)12)8-3-5-13-6-4-8/h8-10H,3-7H2,1-2H3. The van der Waals surface area contributed by atoms with Gasteiger partial charge in [0, 0.05) is 25.5 Å². The third kappa shape index (κ3) is 3.94. The van der Waals surface area contributed by atoms with Crippen molar-refractivity contribution in [3.8, 4) is 0 Å². The van der Waals surface area contributed by atoms with Crippen molar-refractivity contribution < 1.29 is 13.2 Å². The smallest absolute Gasteiger partial charge is 0.148 e. The number of hydrogen-bond acceptors (Lipinski definition) is 4. The van der Waals surface area contributed by atoms with Crippen molar-refractivity contribution in [1.29, 1.82) is 0 Å². The first kappa shape index (κ1) is 11.9. The maximum Gasteiger partial charge on any atom is 0.148 e. The molecular formula is C9H19NO3S. The van der Waals surface area contributed by atoms with E-state index in [2.05, 4.69) is 5.32 Å². The van der Waals surface area contributed by atoms with Gasteiger partial charge in [0.25, 0.3) is 0 Å². The molecule has 0 amide bonds. The van der Waals surface area contributed by atoms with Crippen LogP contribution < -0.4 is 5.32 Å². The van der Waals surface area contributed by atoms with Crippen LogP contribution in [0.15, 0.2) is 0 Å². The molecule has 0 radical (unpaired) electrons. The SMILES string of the molecule is CNC(CS(C)(=O)=O)C1CCOCC1. The van der Waals surface area contributed by atoms with Gasteiger partial charge in [-0.25, -0.2) is 8.42 Å². The van der Waals surface area contributed by atoms with Gasteiger partial charge in [0.2, 0.25) is 0 Å². The summed E-state index contributed by atoms with van der Waals surface area (Å²) in [7, 11) is -1.06. The average molecular weight is 221 g/mol. The van der Waals surface area contributed by atoms with Gasteiger partial charge in [0.15, 0.2) is 0 Å². The van der Waals surface area contributed by atoms with Crippen molar-refractivity contribution in [1.82, 2.24) is 5.32 Å². The number of nitrogens with one attached hydrogen (secondary N) is 1. The van der Waals surface area contributed by atoms with E-state index in [-0.39, 0.29) is 11.8 Å². The molecule has 0 aromatic rings. The maximum absolute atomic E-state index is 11.2. The van der Waals surface area contributed by atoms with Crippen LogP contribution in [-0.2, 0) is 14.6 Å². The normalized spacial score (nSPS) is 22.1. The predicted octanol–water partition coefficient (Wildman–Crippen LogP) is 0.0456. The first-order valence-corrected chi connectivity index (χ1v) is 7.01. The molecule has 0 aromatic carbocycles. The molecule has 84 valence electrons. The monoisotopic (exact) mass is 221 g/mol. The first-order chi connectivity index (χ1) is 6.53. The van der Waals surface area contributed by atoms with Gasteiger partial charge in [-0.1, -0.05) is 0 Å². The lowest BCUT2D eigenvalue weighted by atomic mass is 9.93. The molecule has 1 heterocycles. The fourth-order valence-electron chi connectivity index (χ4n) is 1.90. The molecule has 1 aliphatic heterocycles. The van der Waals surface area contributed by atoms with Crippen LogP contribution in [0.1, 0.15) is 12.8 Å². The number of hydrogen-bond donors (Lipinski definition) is 1. The Morgan fingerprint density at radius 2 is 2.00 bits per heavy atom. The molecular weight excluding hydrogens is 202 g/mol. The topological polar surface area (TPSA) is 55.4 Å². The minimum atomic E-state index is -2.89. The van der Waals surface area contributed by atoms with Gasteiger partial charge in [0.1, 0.15) is 9.84 Å². The van der Waals surface area contributed by atoms with Gasteiger partial charge >= 0.3 is 0 Å². The minimum Gasteiger partial charge on any atom is -0.381 e. The fourth-order valence-corrected chi connectivity index (χ4v) is 2.99. The third-order valence-corrected chi connectivity index (χ3v) is 3.65. The van der Waals surface area contributed by atoms with Gasteiger partial charge in [-0.15, -0.1) is 0 Å². The number of ether oxygens (including phenoxy) is 1. The Kier molecular flexibility index (Phi) is 4.34. The molecule has 1 rings (SSSR count). The molecule has 1 fully saturated rings. The Hall–Kier alpha value is -0.130. The highest BCUT2D eigenvalue weighted by atomic mass is 32.2. The van der Waals surface area contributed by atoms with E-state index in [4.69, 9.17) is 4.74 Å². The zero-order valence-electron chi connectivity index (χ0n) is 8.82. The minimum absolute atomic E-state index is 0.0777. The summed E-state index contributed by atoms with van der Waals surface area (Å²) in [4.78, 5) is 0. The lowest BCUT2D eigenvalue weighted by molar-refractivity contribution is 0.0573. The third-order valence-electron chi connectivity index (χ3n) is 2.69. The van der Waals surface area contributed by atoms with Gasteiger partial charge in [-0.3, -0.25) is 0 Å². The summed E-state index contributed by atoms with van der Waals surface area (Å²) in [5, 5.41) is 3.09. The molecule has 1 N–H and O–H groups in total. The average Bonchev–Trinajstić information content (AvgIpc) is 2.14. The summed E-state index contributed by atoms with van der Waals surface area (Å²) in [6.45, 7) is 1.51. The molecule has 0 spiro atoms. The van der Waals surface area contributed by atoms with Crippen LogP contribution in [0.25, 0.3) is 0 Å². The highest BCUT2D eigenvalue weighted by Gasteiger charge is 2.25. The molecule has 4 nitrogen and oxygen atoms in total. The van der Waals surface area contributed by atoms with Crippen LogP contribution in [0.5, 0.6) is 0 Å². The van der Waals surface area contributed by atoms with E-state index >= 15 is 0 Å². The van der Waals surface area contributed by atoms with Crippen LogP contribution in [-0.4, -0.2) is 46.7 Å². The van der Waals surface area contributed by atoms with Crippen molar-refractivity contribution in [2.24, 2.45) is 5.92 Å². The number of rotatable bonds is 4. The molecule has 0 aromatic heterocycles. The highest BCUT2D eigenvalue weighted by Crippen LogP contribution is 2.19. The molecule has 5 heteroatoms. The van der Waals surface area contributed by atoms with E-state index in [0.717, 1.165) is 26.1 Å². The molecule has 0 saturated carbocycles. The van der Waals surface area contributed by atoms with Crippen LogP contribution in [0.3, 0.4) is 0 Å². The first-order valence-electron chi connectivity index (χ1n) is 4.95. The van der Waals surface area contributed by atoms with Crippen LogP contribution in [0, 0.1) is 5.92 Å². The second-order valence-electron chi connectivity index (χ2n) is 3.94. The Bertz CT molecular complexity index is 257. The van der Waals surface area contributed by atoms with Crippen molar-refractivity contribution in [3.63, 3.8) is 0 Å². The summed E-state index contributed by atoms with van der Waals surface area (Å²) in [5.74, 6) is 0.664. The fraction of sp³-hybridized carbons (Fsp3) is 1.00. The van der Waals surface area contributed by atoms with Crippen molar-refractivity contribution in [3.05, 3.63) is 0 Å². The zero-order valence-corrected chi connectivity index (χ0v) is 9.64. The molecule has 1 saturated heterocycles. The summed E-state index contributed by atoms with van der Waals surface area (Å²) < 4.78 is 27.6. The quantitative estimate of drug-likeness (QED) is 0.728. The van der Waals surface area contributed by atoms with Gasteiger partial charge in [0.05, 0.1) is 5.75 Å². The van der Waals surface area contributed by atoms with E-state index < -0.39 is 9.84 Å². The van der Waals surface area contributed by atoms with E-state index in [1.54, 1.807) is 0 Å². The molecule has 1 unspecified atom stereocenters. The summed E-state index contributed by atoms with van der Waals surface area (Å²) in [6, 6.07) is 0.0777. The molecule has 0 aliphatic carbocycles. The summed E-state index contributed by atoms with van der Waals surface area (Å²) in [6.07, 6.45) is 3.21. The van der Waals surface area contributed by atoms with Crippen molar-refractivity contribution in [2.45, 2.75) is 18.9 Å². The Balaban J connectivity index is 2.52. The van der Waals surface area contributed by atoms with Crippen molar-refractivity contribution in [2.75, 3.05) is 32.3 Å². The van der Waals surface area contributed by atoms with Crippen LogP contribution >= 0.6 is 0 Å². The number of sulfone groups is 1. The van der Waals surface area contributed by atoms with E-state index in [1.165, 1.54) is 6.26 Å². The summed E-state index contributed by atoms with van der Waals surface area (Å²) in [5.41, 5.74) is 0. The van der Waals surface area contributed by atoms with Crippen LogP contribution in [0.4, 0.5) is 0 Å². The Morgan fingerprint density at radius 3 is 2.43 bits per heavy atom. The van der Waals surface area contributed by atoms with E-state index in [0.29, 0.717) is 5.92 Å². The van der Waals surface area contributed by atoms with Crippen molar-refractivity contribution >= 4 is 9.84 Å².